The van der Waals surface area contributed by atoms with Crippen LogP contribution in [0.2, 0.25) is 0 Å². The van der Waals surface area contributed by atoms with E-state index in [1.54, 1.807) is 0 Å². The molecule has 0 unspecified atom stereocenters. The molecule has 1 heterocycles. The summed E-state index contributed by atoms with van der Waals surface area (Å²) in [7, 11) is 0. The van der Waals surface area contributed by atoms with Crippen LogP contribution in [0.4, 0.5) is 17.6 Å². The van der Waals surface area contributed by atoms with Crippen LogP contribution in [0.1, 0.15) is 0 Å². The van der Waals surface area contributed by atoms with Gasteiger partial charge in [-0.3, -0.25) is 0 Å². The Labute approximate surface area is 47.6 Å². The number of rotatable bonds is 0. The van der Waals surface area contributed by atoms with E-state index in [2.05, 4.69) is 4.99 Å². The van der Waals surface area contributed by atoms with Crippen LogP contribution in [0.25, 0.3) is 0 Å². The maximum Gasteiger partial charge on any atom is 0.426 e. The summed E-state index contributed by atoms with van der Waals surface area (Å²) in [6, 6.07) is -8.50. The quantitative estimate of drug-likeness (QED) is 0.392. The van der Waals surface area contributed by atoms with E-state index in [-0.39, 0.29) is 0 Å². The summed E-state index contributed by atoms with van der Waals surface area (Å²) in [5.41, 5.74) is 0. The number of aliphatic imine (C=N–C) groups is 1. The van der Waals surface area contributed by atoms with Crippen LogP contribution in [0.3, 0.4) is 0 Å². The molecule has 0 spiro atoms. The molecule has 1 aliphatic rings. The van der Waals surface area contributed by atoms with Crippen LogP contribution in [0.15, 0.2) is 4.99 Å². The fraction of sp³-hybridized carbons (Fsp3) is 0.667. The van der Waals surface area contributed by atoms with Crippen molar-refractivity contribution in [1.82, 2.24) is 5.32 Å². The molecule has 0 aromatic rings. The fourth-order valence-electron chi connectivity index (χ4n) is 0.362. The van der Waals surface area contributed by atoms with E-state index in [1.807, 2.05) is 0 Å². The first-order valence-electron chi connectivity index (χ1n) is 2.03. The number of nitrogens with zero attached hydrogens (tertiary/aromatic N) is 1. The van der Waals surface area contributed by atoms with Crippen molar-refractivity contribution < 1.29 is 17.6 Å². The van der Waals surface area contributed by atoms with E-state index in [9.17, 15) is 17.6 Å². The largest absolute Gasteiger partial charge is 0.426 e. The number of hydrogen-bond donors (Lipinski definition) is 1. The minimum absolute atomic E-state index is 0.292. The van der Waals surface area contributed by atoms with Crippen molar-refractivity contribution >= 4 is 6.34 Å². The van der Waals surface area contributed by atoms with Crippen molar-refractivity contribution in [1.29, 1.82) is 0 Å². The van der Waals surface area contributed by atoms with E-state index in [1.165, 1.54) is 0 Å². The highest BCUT2D eigenvalue weighted by atomic mass is 19.3. The highest BCUT2D eigenvalue weighted by Gasteiger charge is 2.59. The molecule has 1 rings (SSSR count). The second-order valence-electron chi connectivity index (χ2n) is 1.52. The molecule has 1 N–H and O–H groups in total. The molecule has 0 atom stereocenters. The summed E-state index contributed by atoms with van der Waals surface area (Å²) in [5, 5.41) is 1.11. The second-order valence-corrected chi connectivity index (χ2v) is 1.52. The van der Waals surface area contributed by atoms with Crippen molar-refractivity contribution in [2.75, 3.05) is 0 Å². The van der Waals surface area contributed by atoms with Crippen molar-refractivity contribution in [2.24, 2.45) is 4.99 Å². The van der Waals surface area contributed by atoms with E-state index < -0.39 is 12.1 Å². The Morgan fingerprint density at radius 1 is 1.22 bits per heavy atom. The zero-order chi connectivity index (χ0) is 7.12. The van der Waals surface area contributed by atoms with Gasteiger partial charge in [0.15, 0.2) is 0 Å². The Morgan fingerprint density at radius 2 is 1.78 bits per heavy atom. The molecule has 0 saturated carbocycles. The van der Waals surface area contributed by atoms with Gasteiger partial charge < -0.3 is 5.32 Å². The third kappa shape index (κ3) is 0.739. The Balaban J connectivity index is 2.84. The average Bonchev–Trinajstić information content (AvgIpc) is 1.81. The van der Waals surface area contributed by atoms with Gasteiger partial charge in [-0.1, -0.05) is 0 Å². The summed E-state index contributed by atoms with van der Waals surface area (Å²) in [4.78, 5) is 2.20. The van der Waals surface area contributed by atoms with Gasteiger partial charge in [0, 0.05) is 0 Å². The molecule has 0 radical (unpaired) electrons. The Kier molecular flexibility index (Phi) is 0.960. The lowest BCUT2D eigenvalue weighted by molar-refractivity contribution is -0.200. The van der Waals surface area contributed by atoms with E-state index in [4.69, 9.17) is 0 Å². The summed E-state index contributed by atoms with van der Waals surface area (Å²) in [5.74, 6) is 0. The smallest absolute Gasteiger partial charge is 0.311 e. The van der Waals surface area contributed by atoms with Gasteiger partial charge in [0.2, 0.25) is 0 Å². The molecule has 9 heavy (non-hydrogen) atoms. The van der Waals surface area contributed by atoms with E-state index in [0.29, 0.717) is 6.34 Å². The third-order valence-electron chi connectivity index (χ3n) is 0.850. The third-order valence-corrected chi connectivity index (χ3v) is 0.850. The van der Waals surface area contributed by atoms with Gasteiger partial charge in [0.05, 0.1) is 6.34 Å². The normalized spacial score (nSPS) is 28.0. The second kappa shape index (κ2) is 1.37. The first-order valence-corrected chi connectivity index (χ1v) is 2.03. The fourth-order valence-corrected chi connectivity index (χ4v) is 0.362. The number of alkyl halides is 4. The maximum atomic E-state index is 11.7. The summed E-state index contributed by atoms with van der Waals surface area (Å²) in [6.45, 7) is 0. The van der Waals surface area contributed by atoms with Gasteiger partial charge in [0.25, 0.3) is 0 Å². The average molecular weight is 142 g/mol. The van der Waals surface area contributed by atoms with Crippen LogP contribution < -0.4 is 5.32 Å². The molecular formula is C3H2F4N2. The predicted octanol–water partition coefficient (Wildman–Crippen LogP) is 0.803. The first-order chi connectivity index (χ1) is 3.96. The van der Waals surface area contributed by atoms with Crippen molar-refractivity contribution in [2.45, 2.75) is 12.1 Å². The summed E-state index contributed by atoms with van der Waals surface area (Å²) < 4.78 is 46.9. The highest BCUT2D eigenvalue weighted by molar-refractivity contribution is 5.58. The monoisotopic (exact) mass is 142 g/mol. The standard InChI is InChI=1S/C3H2F4N2/c4-2(5)3(6,7)9-1-8-2/h1H,(H,8,9). The molecule has 0 aromatic heterocycles. The molecule has 0 bridgehead atoms. The van der Waals surface area contributed by atoms with Gasteiger partial charge in [-0.05, 0) is 0 Å². The van der Waals surface area contributed by atoms with Crippen LogP contribution in [-0.4, -0.2) is 18.4 Å². The van der Waals surface area contributed by atoms with Gasteiger partial charge >= 0.3 is 12.1 Å². The molecule has 0 aromatic carbocycles. The van der Waals surface area contributed by atoms with Crippen LogP contribution in [0, 0.1) is 0 Å². The van der Waals surface area contributed by atoms with Crippen LogP contribution in [0.5, 0.6) is 0 Å². The Bertz CT molecular complexity index is 152. The Hall–Kier alpha value is -0.810. The predicted molar refractivity (Wildman–Crippen MR) is 21.5 cm³/mol. The topological polar surface area (TPSA) is 24.4 Å². The zero-order valence-electron chi connectivity index (χ0n) is 4.04. The van der Waals surface area contributed by atoms with E-state index in [0.717, 1.165) is 5.32 Å². The molecule has 2 nitrogen and oxygen atoms in total. The molecule has 1 aliphatic heterocycles. The van der Waals surface area contributed by atoms with E-state index >= 15 is 0 Å². The minimum Gasteiger partial charge on any atom is -0.311 e. The van der Waals surface area contributed by atoms with Gasteiger partial charge in [-0.15, -0.1) is 0 Å². The maximum absolute atomic E-state index is 11.7. The lowest BCUT2D eigenvalue weighted by atomic mass is 10.5. The number of hydrogen-bond acceptors (Lipinski definition) is 2. The van der Waals surface area contributed by atoms with Gasteiger partial charge in [0.1, 0.15) is 0 Å². The molecule has 52 valence electrons. The van der Waals surface area contributed by atoms with Crippen molar-refractivity contribution in [3.05, 3.63) is 0 Å². The molecule has 6 heteroatoms. The number of nitrogens with one attached hydrogen (secondary N) is 1. The first kappa shape index (κ1) is 6.31. The molecule has 0 fully saturated rings. The molecule has 0 amide bonds. The zero-order valence-corrected chi connectivity index (χ0v) is 4.04. The van der Waals surface area contributed by atoms with Gasteiger partial charge in [-0.25, -0.2) is 0 Å². The SMILES string of the molecule is FC1(F)N=CNC1(F)F. The lowest BCUT2D eigenvalue weighted by Crippen LogP contribution is -2.44. The Morgan fingerprint density at radius 3 is 1.89 bits per heavy atom. The lowest BCUT2D eigenvalue weighted by Gasteiger charge is -2.14. The molecule has 0 aliphatic carbocycles. The number of halogens is 4. The van der Waals surface area contributed by atoms with Crippen LogP contribution in [-0.2, 0) is 0 Å². The minimum atomic E-state index is -4.28. The van der Waals surface area contributed by atoms with Crippen LogP contribution >= 0.6 is 0 Å². The summed E-state index contributed by atoms with van der Waals surface area (Å²) in [6.07, 6.45) is 0.292. The van der Waals surface area contributed by atoms with Crippen molar-refractivity contribution in [3.8, 4) is 0 Å². The van der Waals surface area contributed by atoms with Crippen molar-refractivity contribution in [3.63, 3.8) is 0 Å². The molecule has 0 saturated heterocycles. The highest BCUT2D eigenvalue weighted by Crippen LogP contribution is 2.34. The summed E-state index contributed by atoms with van der Waals surface area (Å²) >= 11 is 0. The molecular weight excluding hydrogens is 140 g/mol. The van der Waals surface area contributed by atoms with Gasteiger partial charge in [-0.2, -0.15) is 22.6 Å².